The highest BCUT2D eigenvalue weighted by Crippen LogP contribution is 2.46. The molecule has 15 nitrogen and oxygen atoms in total. The molecule has 1 unspecified atom stereocenters. The first-order chi connectivity index (χ1) is 20.0. The van der Waals surface area contributed by atoms with Gasteiger partial charge in [0, 0.05) is 0 Å². The Morgan fingerprint density at radius 3 is 2.53 bits per heavy atom. The molecule has 1 saturated heterocycles. The molecule has 0 radical (unpaired) electrons. The van der Waals surface area contributed by atoms with Crippen molar-refractivity contribution in [2.75, 3.05) is 26.1 Å². The standard InChI is InChI=1S/C26H37N6O9PS/c1-15(22(38-13-24(2,3)4)40-16-10-8-7-9-11-16)31-42(36,43)39-12-17-19(33)25(5,34)26(35,41-17)32-14-28-18-20(32)29-23(27)30-21(18)37-6/h7-11,14,17,19,33-35H,12-13H2,1-6H3,(H2,27,29,30)(H2,31,36,43)/t17-,19-,25-,26+,42?/m1/s1. The molecule has 1 aliphatic heterocycles. The maximum absolute atomic E-state index is 11.5. The third kappa shape index (κ3) is 7.02. The van der Waals surface area contributed by atoms with Gasteiger partial charge in [-0.25, -0.2) is 4.98 Å². The number of aliphatic hydroxyl groups excluding tert-OH is 1. The average molecular weight is 641 g/mol. The van der Waals surface area contributed by atoms with Crippen molar-refractivity contribution in [3.8, 4) is 11.6 Å². The average Bonchev–Trinajstić information content (AvgIpc) is 3.42. The zero-order valence-corrected chi connectivity index (χ0v) is 26.3. The molecule has 2 aromatic heterocycles. The lowest BCUT2D eigenvalue weighted by atomic mass is 9.94. The Kier molecular flexibility index (Phi) is 9.26. The summed E-state index contributed by atoms with van der Waals surface area (Å²) in [7, 11) is 1.35. The van der Waals surface area contributed by atoms with Gasteiger partial charge in [0.15, 0.2) is 16.8 Å². The predicted octanol–water partition coefficient (Wildman–Crippen LogP) is 1.68. The summed E-state index contributed by atoms with van der Waals surface area (Å²) < 4.78 is 29.3. The number of ether oxygens (including phenoxy) is 4. The second-order valence-corrected chi connectivity index (χ2v) is 14.3. The highest BCUT2D eigenvalue weighted by Gasteiger charge is 2.64. The molecular formula is C26H37N6O9PS. The van der Waals surface area contributed by atoms with Crippen LogP contribution in [0, 0.1) is 5.41 Å². The van der Waals surface area contributed by atoms with E-state index < -0.39 is 37.0 Å². The van der Waals surface area contributed by atoms with E-state index in [-0.39, 0.29) is 40.0 Å². The number of methoxy groups -OCH3 is 1. The molecule has 236 valence electrons. The summed E-state index contributed by atoms with van der Waals surface area (Å²) in [6.45, 7) is 4.68. The van der Waals surface area contributed by atoms with Crippen LogP contribution in [0.1, 0.15) is 34.6 Å². The van der Waals surface area contributed by atoms with Gasteiger partial charge in [-0.2, -0.15) is 9.97 Å². The number of nitrogens with one attached hydrogen (secondary N) is 1. The third-order valence-electron chi connectivity index (χ3n) is 6.42. The highest BCUT2D eigenvalue weighted by atomic mass is 32.5. The van der Waals surface area contributed by atoms with Gasteiger partial charge in [0.1, 0.15) is 24.3 Å². The number of allylic oxidation sites excluding steroid dienone is 1. The van der Waals surface area contributed by atoms with Gasteiger partial charge in [-0.05, 0) is 43.2 Å². The third-order valence-corrected chi connectivity index (χ3v) is 8.13. The smallest absolute Gasteiger partial charge is 0.304 e. The van der Waals surface area contributed by atoms with Crippen molar-refractivity contribution in [2.45, 2.75) is 58.3 Å². The first kappa shape index (κ1) is 32.8. The van der Waals surface area contributed by atoms with Crippen molar-refractivity contribution >= 4 is 35.6 Å². The van der Waals surface area contributed by atoms with Crippen LogP contribution in [0.4, 0.5) is 5.95 Å². The van der Waals surface area contributed by atoms with E-state index in [9.17, 15) is 20.2 Å². The summed E-state index contributed by atoms with van der Waals surface area (Å²) in [6, 6.07) is 8.92. The summed E-state index contributed by atoms with van der Waals surface area (Å²) in [5, 5.41) is 36.4. The molecule has 1 aliphatic rings. The van der Waals surface area contributed by atoms with E-state index in [0.717, 1.165) is 17.8 Å². The molecule has 3 heterocycles. The van der Waals surface area contributed by atoms with Crippen molar-refractivity contribution in [3.63, 3.8) is 0 Å². The molecule has 17 heteroatoms. The van der Waals surface area contributed by atoms with Crippen LogP contribution in [-0.4, -0.2) is 77.9 Å². The van der Waals surface area contributed by atoms with Gasteiger partial charge in [-0.15, -0.1) is 0 Å². The van der Waals surface area contributed by atoms with Crippen LogP contribution in [0.2, 0.25) is 0 Å². The van der Waals surface area contributed by atoms with E-state index in [0.29, 0.717) is 12.4 Å². The van der Waals surface area contributed by atoms with Gasteiger partial charge in [-0.3, -0.25) is 4.57 Å². The fraction of sp³-hybridized carbons (Fsp3) is 0.500. The number of nitrogen functional groups attached to an aromatic ring is 1. The van der Waals surface area contributed by atoms with Crippen LogP contribution in [0.3, 0.4) is 0 Å². The number of rotatable bonds is 11. The number of aliphatic hydroxyl groups is 3. The summed E-state index contributed by atoms with van der Waals surface area (Å²) in [6.07, 6.45) is -1.95. The number of hydrogen-bond acceptors (Lipinski definition) is 13. The number of aromatic nitrogens is 4. The Hall–Kier alpha value is -3.08. The van der Waals surface area contributed by atoms with Gasteiger partial charge < -0.3 is 54.5 Å². The van der Waals surface area contributed by atoms with Crippen molar-refractivity contribution in [3.05, 3.63) is 48.3 Å². The maximum Gasteiger partial charge on any atom is 0.304 e. The molecule has 7 N–H and O–H groups in total. The van der Waals surface area contributed by atoms with Crippen molar-refractivity contribution in [1.82, 2.24) is 24.6 Å². The lowest BCUT2D eigenvalue weighted by Gasteiger charge is -2.34. The van der Waals surface area contributed by atoms with E-state index in [4.69, 9.17) is 41.0 Å². The minimum Gasteiger partial charge on any atom is -0.479 e. The maximum atomic E-state index is 11.5. The molecule has 0 spiro atoms. The number of imidazole rings is 1. The number of benzene rings is 1. The lowest BCUT2D eigenvalue weighted by molar-refractivity contribution is -0.317. The van der Waals surface area contributed by atoms with Crippen LogP contribution in [0.25, 0.3) is 11.2 Å². The fourth-order valence-corrected chi connectivity index (χ4v) is 5.71. The van der Waals surface area contributed by atoms with Crippen LogP contribution in [0.15, 0.2) is 48.3 Å². The van der Waals surface area contributed by atoms with Crippen LogP contribution in [0.5, 0.6) is 11.6 Å². The second kappa shape index (κ2) is 12.1. The molecule has 3 aromatic rings. The normalized spacial score (nSPS) is 26.1. The van der Waals surface area contributed by atoms with E-state index in [1.54, 1.807) is 31.2 Å². The summed E-state index contributed by atoms with van der Waals surface area (Å²) in [5.41, 5.74) is 3.60. The molecule has 4 rings (SSSR count). The molecule has 0 aliphatic carbocycles. The van der Waals surface area contributed by atoms with E-state index in [1.807, 2.05) is 26.8 Å². The van der Waals surface area contributed by atoms with Gasteiger partial charge in [-0.1, -0.05) is 39.0 Å². The molecule has 5 atom stereocenters. The van der Waals surface area contributed by atoms with Gasteiger partial charge in [0.05, 0.1) is 26.0 Å². The largest absolute Gasteiger partial charge is 0.479 e. The Morgan fingerprint density at radius 2 is 1.91 bits per heavy atom. The monoisotopic (exact) mass is 640 g/mol. The molecule has 0 amide bonds. The van der Waals surface area contributed by atoms with Gasteiger partial charge in [0.25, 0.3) is 12.6 Å². The number of hydrogen-bond donors (Lipinski definition) is 6. The topological polar surface area (TPSA) is 209 Å². The number of para-hydroxylation sites is 1. The first-order valence-corrected chi connectivity index (χ1v) is 15.8. The Morgan fingerprint density at radius 1 is 1.23 bits per heavy atom. The number of nitrogens with zero attached hydrogens (tertiary/aromatic N) is 4. The molecular weight excluding hydrogens is 603 g/mol. The summed E-state index contributed by atoms with van der Waals surface area (Å²) in [5.74, 6) is -2.18. The van der Waals surface area contributed by atoms with Gasteiger partial charge >= 0.3 is 5.95 Å². The first-order valence-electron chi connectivity index (χ1n) is 13.2. The van der Waals surface area contributed by atoms with E-state index in [1.165, 1.54) is 7.11 Å². The second-order valence-electron chi connectivity index (χ2n) is 11.3. The Bertz CT molecular complexity index is 1530. The molecule has 0 saturated carbocycles. The minimum absolute atomic E-state index is 0.0282. The zero-order chi connectivity index (χ0) is 31.8. The number of anilines is 1. The number of fused-ring (bicyclic) bond motifs is 1. The van der Waals surface area contributed by atoms with Crippen LogP contribution in [-0.2, 0) is 31.7 Å². The Balaban J connectivity index is 1.53. The summed E-state index contributed by atoms with van der Waals surface area (Å²) >= 11 is 5.30. The van der Waals surface area contributed by atoms with Crippen LogP contribution < -0.4 is 20.3 Å². The van der Waals surface area contributed by atoms with Crippen LogP contribution >= 0.6 is 6.64 Å². The quantitative estimate of drug-likeness (QED) is 0.130. The molecule has 1 fully saturated rings. The zero-order valence-electron chi connectivity index (χ0n) is 24.6. The molecule has 43 heavy (non-hydrogen) atoms. The predicted molar refractivity (Wildman–Crippen MR) is 159 cm³/mol. The van der Waals surface area contributed by atoms with Gasteiger partial charge in [0.2, 0.25) is 11.8 Å². The van der Waals surface area contributed by atoms with Crippen molar-refractivity contribution in [2.24, 2.45) is 5.41 Å². The number of nitrogens with two attached hydrogens (primary N) is 1. The van der Waals surface area contributed by atoms with Crippen molar-refractivity contribution in [1.29, 1.82) is 0 Å². The SMILES string of the molecule is COc1nc(N)nc2c1ncn2[C@@]1(O)O[C@H](COP(O)(=S)NC(C)=C(OCC(C)(C)C)Oc2ccccc2)[C@@H](O)[C@@]1(C)O. The van der Waals surface area contributed by atoms with E-state index >= 15 is 0 Å². The summed E-state index contributed by atoms with van der Waals surface area (Å²) in [4.78, 5) is 23.1. The highest BCUT2D eigenvalue weighted by molar-refractivity contribution is 8.08. The minimum atomic E-state index is -3.81. The fourth-order valence-electron chi connectivity index (χ4n) is 4.19. The van der Waals surface area contributed by atoms with Crippen molar-refractivity contribution < 1.29 is 43.7 Å². The lowest BCUT2D eigenvalue weighted by Crippen LogP contribution is -2.55. The molecule has 0 bridgehead atoms. The van der Waals surface area contributed by atoms with E-state index in [2.05, 4.69) is 20.0 Å². The Labute approximate surface area is 253 Å². The molecule has 1 aromatic carbocycles.